The summed E-state index contributed by atoms with van der Waals surface area (Å²) in [5.74, 6) is -0.869. The molecule has 3 rings (SSSR count). The molecule has 1 heterocycles. The summed E-state index contributed by atoms with van der Waals surface area (Å²) >= 11 is 0. The van der Waals surface area contributed by atoms with E-state index < -0.39 is 5.97 Å². The van der Waals surface area contributed by atoms with Gasteiger partial charge in [0.15, 0.2) is 5.58 Å². The molecule has 0 saturated carbocycles. The average Bonchev–Trinajstić information content (AvgIpc) is 2.80. The third-order valence-corrected chi connectivity index (χ3v) is 2.83. The predicted molar refractivity (Wildman–Crippen MR) is 75.1 cm³/mol. The summed E-state index contributed by atoms with van der Waals surface area (Å²) in [7, 11) is 0. The van der Waals surface area contributed by atoms with Crippen molar-refractivity contribution in [2.75, 3.05) is 5.32 Å². The van der Waals surface area contributed by atoms with Crippen molar-refractivity contribution < 1.29 is 14.3 Å². The summed E-state index contributed by atoms with van der Waals surface area (Å²) in [4.78, 5) is 15.0. The van der Waals surface area contributed by atoms with E-state index in [1.54, 1.807) is 18.2 Å². The quantitative estimate of drug-likeness (QED) is 0.760. The van der Waals surface area contributed by atoms with Crippen molar-refractivity contribution >= 4 is 28.8 Å². The minimum atomic E-state index is -0.869. The highest BCUT2D eigenvalue weighted by molar-refractivity contribution is 5.78. The van der Waals surface area contributed by atoms with Crippen LogP contribution in [0.1, 0.15) is 5.56 Å². The number of fused-ring (bicyclic) bond motifs is 1. The molecule has 3 aromatic rings. The van der Waals surface area contributed by atoms with Crippen LogP contribution in [0.15, 0.2) is 52.9 Å². The Balaban J connectivity index is 1.88. The molecule has 20 heavy (non-hydrogen) atoms. The highest BCUT2D eigenvalue weighted by Crippen LogP contribution is 2.23. The van der Waals surface area contributed by atoms with Crippen LogP contribution < -0.4 is 5.32 Å². The summed E-state index contributed by atoms with van der Waals surface area (Å²) in [6.45, 7) is 0. The van der Waals surface area contributed by atoms with Gasteiger partial charge in [0.05, 0.1) is 6.42 Å². The number of carbonyl (C=O) groups is 1. The van der Waals surface area contributed by atoms with Gasteiger partial charge >= 0.3 is 5.97 Å². The molecule has 0 saturated heterocycles. The summed E-state index contributed by atoms with van der Waals surface area (Å²) in [5, 5.41) is 11.8. The number of oxazole rings is 1. The molecule has 5 nitrogen and oxygen atoms in total. The number of hydrogen-bond acceptors (Lipinski definition) is 4. The number of benzene rings is 2. The molecule has 1 aromatic heterocycles. The van der Waals surface area contributed by atoms with Gasteiger partial charge in [-0.25, -0.2) is 0 Å². The van der Waals surface area contributed by atoms with E-state index in [9.17, 15) is 4.79 Å². The molecule has 0 aliphatic heterocycles. The number of hydrogen-bond donors (Lipinski definition) is 2. The number of para-hydroxylation sites is 1. The van der Waals surface area contributed by atoms with Gasteiger partial charge in [-0.1, -0.05) is 24.3 Å². The lowest BCUT2D eigenvalue weighted by Gasteiger charge is -1.99. The van der Waals surface area contributed by atoms with Gasteiger partial charge in [-0.2, -0.15) is 4.98 Å². The Morgan fingerprint density at radius 1 is 1.20 bits per heavy atom. The number of aromatic nitrogens is 1. The van der Waals surface area contributed by atoms with Crippen molar-refractivity contribution in [2.45, 2.75) is 6.42 Å². The third-order valence-electron chi connectivity index (χ3n) is 2.83. The first kappa shape index (κ1) is 12.2. The van der Waals surface area contributed by atoms with E-state index in [0.29, 0.717) is 22.7 Å². The van der Waals surface area contributed by atoms with E-state index in [2.05, 4.69) is 10.3 Å². The largest absolute Gasteiger partial charge is 0.481 e. The first-order valence-electron chi connectivity index (χ1n) is 6.14. The molecule has 0 spiro atoms. The van der Waals surface area contributed by atoms with E-state index >= 15 is 0 Å². The molecule has 0 fully saturated rings. The topological polar surface area (TPSA) is 75.4 Å². The van der Waals surface area contributed by atoms with Gasteiger partial charge in [0, 0.05) is 5.69 Å². The van der Waals surface area contributed by atoms with Crippen LogP contribution in [0.2, 0.25) is 0 Å². The van der Waals surface area contributed by atoms with E-state index in [1.165, 1.54) is 0 Å². The lowest BCUT2D eigenvalue weighted by Crippen LogP contribution is -1.99. The van der Waals surface area contributed by atoms with Crippen molar-refractivity contribution in [3.8, 4) is 0 Å². The minimum absolute atomic E-state index is 0.0297. The summed E-state index contributed by atoms with van der Waals surface area (Å²) in [6.07, 6.45) is -0.0297. The zero-order chi connectivity index (χ0) is 13.9. The number of anilines is 2. The molecule has 0 atom stereocenters. The van der Waals surface area contributed by atoms with Gasteiger partial charge < -0.3 is 14.8 Å². The smallest absolute Gasteiger partial charge is 0.307 e. The Labute approximate surface area is 114 Å². The van der Waals surface area contributed by atoms with Crippen LogP contribution in [0.3, 0.4) is 0 Å². The molecule has 0 bridgehead atoms. The number of carboxylic acid groups (broad SMARTS) is 1. The van der Waals surface area contributed by atoms with Gasteiger partial charge in [0.1, 0.15) is 5.52 Å². The Bertz CT molecular complexity index is 750. The van der Waals surface area contributed by atoms with Gasteiger partial charge in [0.25, 0.3) is 6.01 Å². The van der Waals surface area contributed by atoms with Crippen LogP contribution in [0.25, 0.3) is 11.1 Å². The highest BCUT2D eigenvalue weighted by atomic mass is 16.4. The van der Waals surface area contributed by atoms with Gasteiger partial charge in [-0.15, -0.1) is 0 Å². The number of rotatable bonds is 4. The van der Waals surface area contributed by atoms with Crippen LogP contribution in [0.4, 0.5) is 11.7 Å². The Kier molecular flexibility index (Phi) is 3.09. The molecule has 0 aliphatic rings. The first-order valence-corrected chi connectivity index (χ1v) is 6.14. The van der Waals surface area contributed by atoms with Crippen molar-refractivity contribution in [1.29, 1.82) is 0 Å². The summed E-state index contributed by atoms with van der Waals surface area (Å²) in [5.41, 5.74) is 2.83. The minimum Gasteiger partial charge on any atom is -0.481 e. The van der Waals surface area contributed by atoms with Crippen LogP contribution in [0.5, 0.6) is 0 Å². The summed E-state index contributed by atoms with van der Waals surface area (Å²) in [6, 6.07) is 15.2. The third kappa shape index (κ3) is 2.61. The zero-order valence-electron chi connectivity index (χ0n) is 10.5. The fourth-order valence-corrected chi connectivity index (χ4v) is 1.95. The molecule has 100 valence electrons. The normalized spacial score (nSPS) is 10.6. The maximum Gasteiger partial charge on any atom is 0.307 e. The molecule has 5 heteroatoms. The van der Waals surface area contributed by atoms with Crippen molar-refractivity contribution in [3.63, 3.8) is 0 Å². The number of carboxylic acids is 1. The number of nitrogens with one attached hydrogen (secondary N) is 1. The second-order valence-electron chi connectivity index (χ2n) is 4.38. The van der Waals surface area contributed by atoms with Crippen molar-refractivity contribution in [2.24, 2.45) is 0 Å². The van der Waals surface area contributed by atoms with Crippen LogP contribution >= 0.6 is 0 Å². The molecule has 2 N–H and O–H groups in total. The number of nitrogens with zero attached hydrogens (tertiary/aromatic N) is 1. The second kappa shape index (κ2) is 5.05. The molecule has 0 radical (unpaired) electrons. The molecular formula is C15H12N2O3. The van der Waals surface area contributed by atoms with Gasteiger partial charge in [-0.3, -0.25) is 4.79 Å². The monoisotopic (exact) mass is 268 g/mol. The van der Waals surface area contributed by atoms with Crippen LogP contribution in [-0.2, 0) is 11.2 Å². The van der Waals surface area contributed by atoms with Crippen molar-refractivity contribution in [3.05, 3.63) is 54.1 Å². The number of aliphatic carboxylic acids is 1. The molecule has 0 unspecified atom stereocenters. The lowest BCUT2D eigenvalue weighted by atomic mass is 10.1. The zero-order valence-corrected chi connectivity index (χ0v) is 10.5. The Hall–Kier alpha value is -2.82. The maximum absolute atomic E-state index is 10.7. The first-order chi connectivity index (χ1) is 9.70. The molecule has 0 aliphatic carbocycles. The van der Waals surface area contributed by atoms with Gasteiger partial charge in [0.2, 0.25) is 0 Å². The highest BCUT2D eigenvalue weighted by Gasteiger charge is 2.08. The Morgan fingerprint density at radius 3 is 2.75 bits per heavy atom. The fourth-order valence-electron chi connectivity index (χ4n) is 1.95. The lowest BCUT2D eigenvalue weighted by molar-refractivity contribution is -0.136. The van der Waals surface area contributed by atoms with Crippen molar-refractivity contribution in [1.82, 2.24) is 4.98 Å². The fraction of sp³-hybridized carbons (Fsp3) is 0.0667. The van der Waals surface area contributed by atoms with Crippen LogP contribution in [-0.4, -0.2) is 16.1 Å². The molecule has 2 aromatic carbocycles. The van der Waals surface area contributed by atoms with E-state index in [4.69, 9.17) is 9.52 Å². The summed E-state index contributed by atoms with van der Waals surface area (Å²) < 4.78 is 5.58. The van der Waals surface area contributed by atoms with Gasteiger partial charge in [-0.05, 0) is 29.8 Å². The Morgan fingerprint density at radius 2 is 2.00 bits per heavy atom. The predicted octanol–water partition coefficient (Wildman–Crippen LogP) is 3.20. The standard InChI is InChI=1S/C15H12N2O3/c18-14(19)9-10-6-7-12-13(8-10)20-15(17-12)16-11-4-2-1-3-5-11/h1-8H,9H2,(H,16,17)(H,18,19). The maximum atomic E-state index is 10.7. The van der Waals surface area contributed by atoms with Crippen LogP contribution in [0, 0.1) is 0 Å². The average molecular weight is 268 g/mol. The molecular weight excluding hydrogens is 256 g/mol. The van der Waals surface area contributed by atoms with E-state index in [1.807, 2.05) is 30.3 Å². The molecule has 0 amide bonds. The van der Waals surface area contributed by atoms with E-state index in [-0.39, 0.29) is 6.42 Å². The SMILES string of the molecule is O=C(O)Cc1ccc2nc(Nc3ccccc3)oc2c1. The van der Waals surface area contributed by atoms with E-state index in [0.717, 1.165) is 5.69 Å². The second-order valence-corrected chi connectivity index (χ2v) is 4.38.